The van der Waals surface area contributed by atoms with Crippen LogP contribution in [0.25, 0.3) is 0 Å². The molecule has 1 N–H and O–H groups in total. The van der Waals surface area contributed by atoms with Gasteiger partial charge in [-0.05, 0) is 20.8 Å². The maximum Gasteiger partial charge on any atom is 0.410 e. The van der Waals surface area contributed by atoms with E-state index in [1.807, 2.05) is 25.7 Å². The highest BCUT2D eigenvalue weighted by atomic mass is 16.6. The maximum absolute atomic E-state index is 12.0. The van der Waals surface area contributed by atoms with Gasteiger partial charge in [-0.15, -0.1) is 0 Å². The first-order valence-corrected chi connectivity index (χ1v) is 7.46. The second-order valence-electron chi connectivity index (χ2n) is 6.63. The average Bonchev–Trinajstić information content (AvgIpc) is 2.42. The molecule has 0 aromatic carbocycles. The first kappa shape index (κ1) is 16.5. The van der Waals surface area contributed by atoms with Crippen LogP contribution in [0.15, 0.2) is 0 Å². The van der Waals surface area contributed by atoms with E-state index in [1.54, 1.807) is 4.90 Å². The predicted molar refractivity (Wildman–Crippen MR) is 79.1 cm³/mol. The van der Waals surface area contributed by atoms with Crippen LogP contribution in [0, 0.1) is 0 Å². The number of urea groups is 1. The van der Waals surface area contributed by atoms with Gasteiger partial charge in [-0.2, -0.15) is 0 Å². The molecular weight excluding hydrogens is 288 g/mol. The number of nitrogens with one attached hydrogen (secondary N) is 1. The Kier molecular flexibility index (Phi) is 4.60. The predicted octanol–water partition coefficient (Wildman–Crippen LogP) is 0.437. The number of nitrogens with zero attached hydrogens (tertiary/aromatic N) is 3. The van der Waals surface area contributed by atoms with Crippen LogP contribution in [-0.2, 0) is 9.53 Å². The fraction of sp³-hybridized carbons (Fsp3) is 0.786. The Morgan fingerprint density at radius 1 is 1.18 bits per heavy atom. The van der Waals surface area contributed by atoms with Crippen LogP contribution in [0.2, 0.25) is 0 Å². The van der Waals surface area contributed by atoms with Crippen molar-refractivity contribution in [3.8, 4) is 0 Å². The van der Waals surface area contributed by atoms with E-state index in [4.69, 9.17) is 4.74 Å². The van der Waals surface area contributed by atoms with Gasteiger partial charge in [0.1, 0.15) is 5.60 Å². The summed E-state index contributed by atoms with van der Waals surface area (Å²) in [6.45, 7) is 7.74. The molecule has 2 aliphatic heterocycles. The fourth-order valence-corrected chi connectivity index (χ4v) is 2.47. The summed E-state index contributed by atoms with van der Waals surface area (Å²) in [5, 5.41) is 2.81. The molecule has 2 saturated heterocycles. The Hall–Kier alpha value is -1.83. The summed E-state index contributed by atoms with van der Waals surface area (Å²) in [5.74, 6) is -0.191. The SMILES string of the molecule is CN1C(=O)CC(N2CCN(C(=O)OC(C)(C)C)CC2)NC1=O. The summed E-state index contributed by atoms with van der Waals surface area (Å²) in [4.78, 5) is 40.2. The van der Waals surface area contributed by atoms with Gasteiger partial charge < -0.3 is 15.0 Å². The number of rotatable bonds is 1. The van der Waals surface area contributed by atoms with Gasteiger partial charge in [0.25, 0.3) is 0 Å². The molecule has 4 amide bonds. The molecule has 2 rings (SSSR count). The standard InChI is InChI=1S/C14H24N4O4/c1-14(2,3)22-13(21)18-7-5-17(6-8-18)10-9-11(19)16(4)12(20)15-10/h10H,5-9H2,1-4H3,(H,15,20). The molecular formula is C14H24N4O4. The minimum atomic E-state index is -0.511. The van der Waals surface area contributed by atoms with Gasteiger partial charge in [-0.3, -0.25) is 14.6 Å². The monoisotopic (exact) mass is 312 g/mol. The molecule has 0 radical (unpaired) electrons. The summed E-state index contributed by atoms with van der Waals surface area (Å²) >= 11 is 0. The zero-order valence-electron chi connectivity index (χ0n) is 13.6. The molecule has 0 aliphatic carbocycles. The lowest BCUT2D eigenvalue weighted by Gasteiger charge is -2.41. The number of piperazine rings is 1. The quantitative estimate of drug-likeness (QED) is 0.759. The van der Waals surface area contributed by atoms with Gasteiger partial charge in [-0.25, -0.2) is 9.59 Å². The second kappa shape index (κ2) is 6.12. The molecule has 0 saturated carbocycles. The van der Waals surface area contributed by atoms with E-state index >= 15 is 0 Å². The lowest BCUT2D eigenvalue weighted by Crippen LogP contribution is -2.62. The zero-order chi connectivity index (χ0) is 16.5. The van der Waals surface area contributed by atoms with Gasteiger partial charge in [-0.1, -0.05) is 0 Å². The fourth-order valence-electron chi connectivity index (χ4n) is 2.47. The van der Waals surface area contributed by atoms with Crippen molar-refractivity contribution in [2.45, 2.75) is 39.0 Å². The maximum atomic E-state index is 12.0. The Morgan fingerprint density at radius 3 is 2.27 bits per heavy atom. The van der Waals surface area contributed by atoms with Crippen LogP contribution in [-0.4, -0.2) is 77.7 Å². The highest BCUT2D eigenvalue weighted by Crippen LogP contribution is 2.15. The van der Waals surface area contributed by atoms with Crippen molar-refractivity contribution in [2.75, 3.05) is 33.2 Å². The van der Waals surface area contributed by atoms with Crippen LogP contribution in [0.3, 0.4) is 0 Å². The summed E-state index contributed by atoms with van der Waals surface area (Å²) in [6.07, 6.45) is -0.359. The van der Waals surface area contributed by atoms with Crippen molar-refractivity contribution in [3.63, 3.8) is 0 Å². The zero-order valence-corrected chi connectivity index (χ0v) is 13.6. The molecule has 0 spiro atoms. The Balaban J connectivity index is 1.86. The van der Waals surface area contributed by atoms with Crippen LogP contribution in [0.4, 0.5) is 9.59 Å². The minimum Gasteiger partial charge on any atom is -0.444 e. The number of carbonyl (C=O) groups is 3. The first-order chi connectivity index (χ1) is 10.2. The summed E-state index contributed by atoms with van der Waals surface area (Å²) in [6, 6.07) is -0.379. The van der Waals surface area contributed by atoms with Crippen molar-refractivity contribution >= 4 is 18.0 Å². The van der Waals surface area contributed by atoms with E-state index in [9.17, 15) is 14.4 Å². The van der Waals surface area contributed by atoms with Crippen molar-refractivity contribution in [1.29, 1.82) is 0 Å². The molecule has 2 aliphatic rings. The van der Waals surface area contributed by atoms with Crippen molar-refractivity contribution in [3.05, 3.63) is 0 Å². The summed E-state index contributed by atoms with van der Waals surface area (Å²) in [7, 11) is 1.47. The molecule has 8 nitrogen and oxygen atoms in total. The topological polar surface area (TPSA) is 82.2 Å². The lowest BCUT2D eigenvalue weighted by molar-refractivity contribution is -0.131. The normalized spacial score (nSPS) is 24.3. The van der Waals surface area contributed by atoms with Gasteiger partial charge in [0.2, 0.25) is 5.91 Å². The molecule has 1 unspecified atom stereocenters. The van der Waals surface area contributed by atoms with Gasteiger partial charge in [0.15, 0.2) is 0 Å². The molecule has 0 bridgehead atoms. The first-order valence-electron chi connectivity index (χ1n) is 7.46. The molecule has 1 atom stereocenters. The smallest absolute Gasteiger partial charge is 0.410 e. The van der Waals surface area contributed by atoms with Crippen molar-refractivity contribution in [2.24, 2.45) is 0 Å². The van der Waals surface area contributed by atoms with Gasteiger partial charge in [0.05, 0.1) is 12.6 Å². The number of hydrogen-bond donors (Lipinski definition) is 1. The number of imide groups is 1. The number of ether oxygens (including phenoxy) is 1. The highest BCUT2D eigenvalue weighted by Gasteiger charge is 2.35. The second-order valence-corrected chi connectivity index (χ2v) is 6.63. The summed E-state index contributed by atoms with van der Waals surface area (Å²) < 4.78 is 5.34. The molecule has 124 valence electrons. The van der Waals surface area contributed by atoms with Crippen LogP contribution in [0.5, 0.6) is 0 Å². The number of hydrogen-bond acceptors (Lipinski definition) is 5. The molecule has 8 heteroatoms. The van der Waals surface area contributed by atoms with Crippen LogP contribution >= 0.6 is 0 Å². The molecule has 2 fully saturated rings. The van der Waals surface area contributed by atoms with E-state index in [0.717, 1.165) is 4.90 Å². The lowest BCUT2D eigenvalue weighted by atomic mass is 10.2. The molecule has 22 heavy (non-hydrogen) atoms. The van der Waals surface area contributed by atoms with Crippen LogP contribution in [0.1, 0.15) is 27.2 Å². The molecule has 0 aromatic rings. The van der Waals surface area contributed by atoms with E-state index in [-0.39, 0.29) is 30.6 Å². The Bertz CT molecular complexity index is 448. The number of amides is 4. The van der Waals surface area contributed by atoms with E-state index in [0.29, 0.717) is 26.2 Å². The van der Waals surface area contributed by atoms with Crippen molar-refractivity contribution < 1.29 is 19.1 Å². The van der Waals surface area contributed by atoms with Crippen LogP contribution < -0.4 is 5.32 Å². The third kappa shape index (κ3) is 3.88. The van der Waals surface area contributed by atoms with E-state index in [1.165, 1.54) is 7.05 Å². The van der Waals surface area contributed by atoms with E-state index < -0.39 is 5.60 Å². The van der Waals surface area contributed by atoms with Gasteiger partial charge >= 0.3 is 12.1 Å². The van der Waals surface area contributed by atoms with Gasteiger partial charge in [0, 0.05) is 33.2 Å². The summed E-state index contributed by atoms with van der Waals surface area (Å²) in [5.41, 5.74) is -0.511. The minimum absolute atomic E-state index is 0.191. The largest absolute Gasteiger partial charge is 0.444 e. The third-order valence-corrected chi connectivity index (χ3v) is 3.74. The molecule has 0 aromatic heterocycles. The van der Waals surface area contributed by atoms with E-state index in [2.05, 4.69) is 5.32 Å². The molecule has 2 heterocycles. The highest BCUT2D eigenvalue weighted by molar-refractivity contribution is 5.96. The Labute approximate surface area is 130 Å². The third-order valence-electron chi connectivity index (χ3n) is 3.74. The average molecular weight is 312 g/mol. The number of carbonyl (C=O) groups excluding carboxylic acids is 3. The van der Waals surface area contributed by atoms with Crippen molar-refractivity contribution in [1.82, 2.24) is 20.0 Å². The Morgan fingerprint density at radius 2 is 1.77 bits per heavy atom.